The van der Waals surface area contributed by atoms with Crippen LogP contribution < -0.4 is 4.74 Å². The molecule has 6 nitrogen and oxygen atoms in total. The highest BCUT2D eigenvalue weighted by atomic mass is 79.9. The Labute approximate surface area is 137 Å². The summed E-state index contributed by atoms with van der Waals surface area (Å²) in [4.78, 5) is 10.5. The van der Waals surface area contributed by atoms with E-state index in [1.54, 1.807) is 0 Å². The van der Waals surface area contributed by atoms with Crippen molar-refractivity contribution in [3.05, 3.63) is 32.3 Å². The zero-order valence-corrected chi connectivity index (χ0v) is 13.7. The first-order chi connectivity index (χ1) is 10.6. The van der Waals surface area contributed by atoms with Crippen molar-refractivity contribution in [3.63, 3.8) is 0 Å². The molecule has 1 saturated heterocycles. The maximum absolute atomic E-state index is 10.9. The number of nitro groups is 1. The summed E-state index contributed by atoms with van der Waals surface area (Å²) in [6.45, 7) is 1.43. The summed E-state index contributed by atoms with van der Waals surface area (Å²) in [7, 11) is 1.49. The molecule has 0 N–H and O–H groups in total. The highest BCUT2D eigenvalue weighted by molar-refractivity contribution is 9.10. The molecule has 2 rings (SSSR count). The van der Waals surface area contributed by atoms with Gasteiger partial charge in [-0.1, -0.05) is 11.8 Å². The van der Waals surface area contributed by atoms with Crippen molar-refractivity contribution in [1.82, 2.24) is 0 Å². The fourth-order valence-corrected chi connectivity index (χ4v) is 2.58. The molecule has 118 valence electrons. The van der Waals surface area contributed by atoms with Crippen molar-refractivity contribution in [1.29, 1.82) is 0 Å². The SMILES string of the molecule is COCOc1cc([N+](=O)[O-])cc(Br)c1C#CC1CCOCC1. The molecule has 0 spiro atoms. The van der Waals surface area contributed by atoms with Gasteiger partial charge in [0.25, 0.3) is 5.69 Å². The molecule has 7 heteroatoms. The fourth-order valence-electron chi connectivity index (χ4n) is 2.05. The highest BCUT2D eigenvalue weighted by Crippen LogP contribution is 2.32. The zero-order valence-electron chi connectivity index (χ0n) is 12.1. The van der Waals surface area contributed by atoms with Crippen LogP contribution in [0.2, 0.25) is 0 Å². The molecule has 0 unspecified atom stereocenters. The summed E-state index contributed by atoms with van der Waals surface area (Å²) in [6, 6.07) is 2.78. The molecule has 0 atom stereocenters. The van der Waals surface area contributed by atoms with Crippen molar-refractivity contribution in [2.75, 3.05) is 27.1 Å². The molecular weight excluding hydrogens is 354 g/mol. The maximum Gasteiger partial charge on any atom is 0.274 e. The molecule has 0 bridgehead atoms. The van der Waals surface area contributed by atoms with Gasteiger partial charge in [-0.2, -0.15) is 0 Å². The highest BCUT2D eigenvalue weighted by Gasteiger charge is 2.16. The van der Waals surface area contributed by atoms with Crippen molar-refractivity contribution in [2.45, 2.75) is 12.8 Å². The molecule has 1 aliphatic rings. The van der Waals surface area contributed by atoms with Crippen LogP contribution in [0.15, 0.2) is 16.6 Å². The summed E-state index contributed by atoms with van der Waals surface area (Å²) < 4.78 is 16.1. The molecule has 1 aromatic carbocycles. The Kier molecular flexibility index (Phi) is 6.19. The van der Waals surface area contributed by atoms with Crippen LogP contribution in [-0.2, 0) is 9.47 Å². The summed E-state index contributed by atoms with van der Waals surface area (Å²) in [5.41, 5.74) is 0.531. The van der Waals surface area contributed by atoms with Crippen molar-refractivity contribution in [2.24, 2.45) is 5.92 Å². The van der Waals surface area contributed by atoms with Crippen LogP contribution in [0, 0.1) is 27.9 Å². The fraction of sp³-hybridized carbons (Fsp3) is 0.467. The lowest BCUT2D eigenvalue weighted by Gasteiger charge is -2.16. The van der Waals surface area contributed by atoms with E-state index >= 15 is 0 Å². The van der Waals surface area contributed by atoms with Gasteiger partial charge >= 0.3 is 0 Å². The second-order valence-electron chi connectivity index (χ2n) is 4.76. The normalized spacial score (nSPS) is 15.0. The first-order valence-electron chi connectivity index (χ1n) is 6.80. The largest absolute Gasteiger partial charge is 0.466 e. The molecule has 0 aromatic heterocycles. The predicted octanol–water partition coefficient (Wildman–Crippen LogP) is 3.12. The van der Waals surface area contributed by atoms with E-state index in [1.807, 2.05) is 0 Å². The predicted molar refractivity (Wildman–Crippen MR) is 83.7 cm³/mol. The molecule has 0 saturated carbocycles. The average molecular weight is 370 g/mol. The molecule has 22 heavy (non-hydrogen) atoms. The van der Waals surface area contributed by atoms with Gasteiger partial charge in [-0.3, -0.25) is 10.1 Å². The van der Waals surface area contributed by atoms with Gasteiger partial charge < -0.3 is 14.2 Å². The third-order valence-electron chi connectivity index (χ3n) is 3.20. The number of halogens is 1. The van der Waals surface area contributed by atoms with Crippen molar-refractivity contribution in [3.8, 4) is 17.6 Å². The van der Waals surface area contributed by atoms with E-state index in [0.717, 1.165) is 12.8 Å². The van der Waals surface area contributed by atoms with E-state index in [9.17, 15) is 10.1 Å². The first-order valence-corrected chi connectivity index (χ1v) is 7.60. The van der Waals surface area contributed by atoms with E-state index in [1.165, 1.54) is 19.2 Å². The lowest BCUT2D eigenvalue weighted by molar-refractivity contribution is -0.385. The zero-order chi connectivity index (χ0) is 15.9. The topological polar surface area (TPSA) is 70.8 Å². The minimum Gasteiger partial charge on any atom is -0.466 e. The third kappa shape index (κ3) is 4.44. The number of methoxy groups -OCH3 is 1. The Morgan fingerprint density at radius 3 is 2.82 bits per heavy atom. The number of non-ortho nitro benzene ring substituents is 1. The quantitative estimate of drug-likeness (QED) is 0.353. The van der Waals surface area contributed by atoms with E-state index in [-0.39, 0.29) is 18.4 Å². The number of hydrogen-bond acceptors (Lipinski definition) is 5. The molecule has 1 heterocycles. The van der Waals surface area contributed by atoms with Crippen LogP contribution in [0.1, 0.15) is 18.4 Å². The lowest BCUT2D eigenvalue weighted by Crippen LogP contribution is -2.13. The van der Waals surface area contributed by atoms with E-state index < -0.39 is 4.92 Å². The summed E-state index contributed by atoms with van der Waals surface area (Å²) in [5, 5.41) is 10.9. The number of nitrogens with zero attached hydrogens (tertiary/aromatic N) is 1. The van der Waals surface area contributed by atoms with Crippen molar-refractivity contribution < 1.29 is 19.1 Å². The van der Waals surface area contributed by atoms with Gasteiger partial charge in [0, 0.05) is 36.8 Å². The standard InChI is InChI=1S/C15H16BrNO5/c1-20-10-22-15-9-12(17(18)19)8-14(16)13(15)3-2-11-4-6-21-7-5-11/h8-9,11H,4-7,10H2,1H3. The van der Waals surface area contributed by atoms with E-state index in [2.05, 4.69) is 27.8 Å². The number of ether oxygens (including phenoxy) is 3. The number of benzene rings is 1. The van der Waals surface area contributed by atoms with Crippen LogP contribution in [0.3, 0.4) is 0 Å². The van der Waals surface area contributed by atoms with Gasteiger partial charge in [0.2, 0.25) is 0 Å². The van der Waals surface area contributed by atoms with Gasteiger partial charge in [0.05, 0.1) is 16.6 Å². The summed E-state index contributed by atoms with van der Waals surface area (Å²) in [5.74, 6) is 6.87. The smallest absolute Gasteiger partial charge is 0.274 e. The molecule has 0 radical (unpaired) electrons. The van der Waals surface area contributed by atoms with Crippen LogP contribution in [0.25, 0.3) is 0 Å². The number of rotatable bonds is 4. The van der Waals surface area contributed by atoms with Gasteiger partial charge in [-0.05, 0) is 28.8 Å². The molecular formula is C15H16BrNO5. The average Bonchev–Trinajstić information content (AvgIpc) is 2.52. The Hall–Kier alpha value is -1.62. The monoisotopic (exact) mass is 369 g/mol. The van der Waals surface area contributed by atoms with Crippen LogP contribution >= 0.6 is 15.9 Å². The number of hydrogen-bond donors (Lipinski definition) is 0. The Morgan fingerprint density at radius 1 is 1.45 bits per heavy atom. The summed E-state index contributed by atoms with van der Waals surface area (Å²) >= 11 is 3.33. The second kappa shape index (κ2) is 8.13. The maximum atomic E-state index is 10.9. The second-order valence-corrected chi connectivity index (χ2v) is 5.62. The molecule has 0 amide bonds. The van der Waals surface area contributed by atoms with Gasteiger partial charge in [-0.25, -0.2) is 0 Å². The van der Waals surface area contributed by atoms with Crippen LogP contribution in [0.4, 0.5) is 5.69 Å². The van der Waals surface area contributed by atoms with E-state index in [0.29, 0.717) is 29.0 Å². The lowest BCUT2D eigenvalue weighted by atomic mass is 10.0. The number of nitro benzene ring substituents is 1. The van der Waals surface area contributed by atoms with Crippen molar-refractivity contribution >= 4 is 21.6 Å². The molecule has 1 aromatic rings. The molecule has 1 aliphatic heterocycles. The van der Waals surface area contributed by atoms with Crippen LogP contribution in [-0.4, -0.2) is 32.0 Å². The molecule has 1 fully saturated rings. The third-order valence-corrected chi connectivity index (χ3v) is 3.83. The van der Waals surface area contributed by atoms with Gasteiger partial charge in [-0.15, -0.1) is 0 Å². The van der Waals surface area contributed by atoms with E-state index in [4.69, 9.17) is 14.2 Å². The first kappa shape index (κ1) is 16.7. The summed E-state index contributed by atoms with van der Waals surface area (Å²) in [6.07, 6.45) is 1.79. The van der Waals surface area contributed by atoms with Crippen LogP contribution in [0.5, 0.6) is 5.75 Å². The molecule has 0 aliphatic carbocycles. The van der Waals surface area contributed by atoms with Gasteiger partial charge in [0.1, 0.15) is 5.75 Å². The minimum absolute atomic E-state index is 0.000440. The Balaban J connectivity index is 2.31. The van der Waals surface area contributed by atoms with Gasteiger partial charge in [0.15, 0.2) is 6.79 Å². The Morgan fingerprint density at radius 2 is 2.18 bits per heavy atom. The Bertz CT molecular complexity index is 602. The minimum atomic E-state index is -0.472.